The quantitative estimate of drug-likeness (QED) is 0.853. The zero-order valence-electron chi connectivity index (χ0n) is 10.8. The van der Waals surface area contributed by atoms with Gasteiger partial charge in [-0.15, -0.1) is 11.3 Å². The van der Waals surface area contributed by atoms with E-state index in [1.807, 2.05) is 4.90 Å². The minimum Gasteiger partial charge on any atom is -0.368 e. The van der Waals surface area contributed by atoms with Gasteiger partial charge in [0.25, 0.3) is 0 Å². The van der Waals surface area contributed by atoms with Crippen LogP contribution < -0.4 is 5.73 Å². The summed E-state index contributed by atoms with van der Waals surface area (Å²) in [7, 11) is 0. The molecule has 1 amide bonds. The van der Waals surface area contributed by atoms with Crippen LogP contribution in [0, 0.1) is 0 Å². The molecule has 0 spiro atoms. The van der Waals surface area contributed by atoms with Gasteiger partial charge in [0.15, 0.2) is 0 Å². The van der Waals surface area contributed by atoms with Gasteiger partial charge in [-0.25, -0.2) is 9.97 Å². The predicted octanol–water partition coefficient (Wildman–Crippen LogP) is 1.72. The van der Waals surface area contributed by atoms with Gasteiger partial charge in [-0.3, -0.25) is 4.79 Å². The number of hydrogen-bond donors (Lipinski definition) is 1. The van der Waals surface area contributed by atoms with Crippen LogP contribution in [0.25, 0.3) is 6.08 Å². The second-order valence-corrected chi connectivity index (χ2v) is 5.59. The lowest BCUT2D eigenvalue weighted by Crippen LogP contribution is -2.34. The summed E-state index contributed by atoms with van der Waals surface area (Å²) >= 11 is 1.77. The molecule has 0 saturated heterocycles. The Morgan fingerprint density at radius 1 is 1.40 bits per heavy atom. The summed E-state index contributed by atoms with van der Waals surface area (Å²) in [6.45, 7) is 1.47. The van der Waals surface area contributed by atoms with Gasteiger partial charge in [0.1, 0.15) is 0 Å². The number of carbonyl (C=O) groups excluding carboxylic acids is 1. The number of nitrogen functional groups attached to an aromatic ring is 1. The minimum absolute atomic E-state index is 0.0127. The van der Waals surface area contributed by atoms with E-state index in [0.29, 0.717) is 6.54 Å². The van der Waals surface area contributed by atoms with Gasteiger partial charge in [-0.05, 0) is 29.5 Å². The lowest BCUT2D eigenvalue weighted by molar-refractivity contribution is -0.126. The van der Waals surface area contributed by atoms with E-state index in [2.05, 4.69) is 21.4 Å². The first-order valence-corrected chi connectivity index (χ1v) is 7.20. The molecule has 5 nitrogen and oxygen atoms in total. The fourth-order valence-corrected chi connectivity index (χ4v) is 3.03. The molecule has 0 bridgehead atoms. The van der Waals surface area contributed by atoms with Gasteiger partial charge in [0.2, 0.25) is 11.9 Å². The van der Waals surface area contributed by atoms with Crippen molar-refractivity contribution in [2.24, 2.45) is 0 Å². The van der Waals surface area contributed by atoms with Crippen molar-refractivity contribution in [1.82, 2.24) is 14.9 Å². The third kappa shape index (κ3) is 2.70. The summed E-state index contributed by atoms with van der Waals surface area (Å²) < 4.78 is 0. The highest BCUT2D eigenvalue weighted by atomic mass is 32.1. The summed E-state index contributed by atoms with van der Waals surface area (Å²) in [5.41, 5.74) is 7.44. The maximum atomic E-state index is 12.1. The predicted molar refractivity (Wildman–Crippen MR) is 78.9 cm³/mol. The van der Waals surface area contributed by atoms with Crippen molar-refractivity contribution in [3.8, 4) is 0 Å². The molecular formula is C14H14N4OS. The van der Waals surface area contributed by atoms with Crippen LogP contribution in [0.5, 0.6) is 0 Å². The van der Waals surface area contributed by atoms with Crippen molar-refractivity contribution in [2.75, 3.05) is 12.3 Å². The fourth-order valence-electron chi connectivity index (χ4n) is 2.14. The molecule has 0 unspecified atom stereocenters. The van der Waals surface area contributed by atoms with E-state index in [4.69, 9.17) is 5.73 Å². The lowest BCUT2D eigenvalue weighted by Gasteiger charge is -2.25. The molecule has 102 valence electrons. The summed E-state index contributed by atoms with van der Waals surface area (Å²) in [5.74, 6) is 0.244. The van der Waals surface area contributed by atoms with Crippen LogP contribution in [-0.2, 0) is 17.8 Å². The number of nitrogens with zero attached hydrogens (tertiary/aromatic N) is 3. The molecule has 0 saturated carbocycles. The van der Waals surface area contributed by atoms with Gasteiger partial charge in [-0.1, -0.05) is 0 Å². The number of hydrogen-bond acceptors (Lipinski definition) is 5. The zero-order valence-corrected chi connectivity index (χ0v) is 11.6. The standard InChI is InChI=1S/C14H14N4OS/c15-14-16-7-10(8-17-14)1-2-13(19)18-5-3-12-11(9-18)4-6-20-12/h1-2,4,6-8H,3,5,9H2,(H2,15,16,17). The average molecular weight is 286 g/mol. The number of carbonyl (C=O) groups is 1. The zero-order chi connectivity index (χ0) is 13.9. The highest BCUT2D eigenvalue weighted by Gasteiger charge is 2.19. The Balaban J connectivity index is 1.67. The van der Waals surface area contributed by atoms with Gasteiger partial charge < -0.3 is 10.6 Å². The Hall–Kier alpha value is -2.21. The second kappa shape index (κ2) is 5.42. The van der Waals surface area contributed by atoms with Gasteiger partial charge >= 0.3 is 0 Å². The second-order valence-electron chi connectivity index (χ2n) is 4.59. The first-order chi connectivity index (χ1) is 9.72. The number of rotatable bonds is 2. The van der Waals surface area contributed by atoms with E-state index in [-0.39, 0.29) is 11.9 Å². The minimum atomic E-state index is 0.0127. The molecule has 2 N–H and O–H groups in total. The van der Waals surface area contributed by atoms with E-state index in [0.717, 1.165) is 18.5 Å². The van der Waals surface area contributed by atoms with E-state index >= 15 is 0 Å². The van der Waals surface area contributed by atoms with Crippen LogP contribution in [0.3, 0.4) is 0 Å². The van der Waals surface area contributed by atoms with Crippen LogP contribution >= 0.6 is 11.3 Å². The Bertz CT molecular complexity index is 647. The first kappa shape index (κ1) is 12.8. The molecule has 2 aromatic heterocycles. The molecule has 3 rings (SSSR count). The number of aromatic nitrogens is 2. The van der Waals surface area contributed by atoms with E-state index < -0.39 is 0 Å². The maximum Gasteiger partial charge on any atom is 0.246 e. The SMILES string of the molecule is Nc1ncc(C=CC(=O)N2CCc3sccc3C2)cn1. The Labute approximate surface area is 120 Å². The van der Waals surface area contributed by atoms with Crippen molar-refractivity contribution in [2.45, 2.75) is 13.0 Å². The van der Waals surface area contributed by atoms with Crippen molar-refractivity contribution >= 4 is 29.3 Å². The Morgan fingerprint density at radius 2 is 2.20 bits per heavy atom. The highest BCUT2D eigenvalue weighted by molar-refractivity contribution is 7.10. The third-order valence-electron chi connectivity index (χ3n) is 3.23. The molecule has 0 aromatic carbocycles. The van der Waals surface area contributed by atoms with Crippen LogP contribution in [0.2, 0.25) is 0 Å². The molecule has 2 aromatic rings. The number of anilines is 1. The maximum absolute atomic E-state index is 12.1. The van der Waals surface area contributed by atoms with E-state index in [1.165, 1.54) is 10.4 Å². The third-order valence-corrected chi connectivity index (χ3v) is 4.25. The van der Waals surface area contributed by atoms with Crippen molar-refractivity contribution in [3.05, 3.63) is 45.9 Å². The highest BCUT2D eigenvalue weighted by Crippen LogP contribution is 2.24. The van der Waals surface area contributed by atoms with E-state index in [1.54, 1.807) is 35.9 Å². The fraction of sp³-hybridized carbons (Fsp3) is 0.214. The van der Waals surface area contributed by atoms with Crippen molar-refractivity contribution in [1.29, 1.82) is 0 Å². The number of fused-ring (bicyclic) bond motifs is 1. The molecule has 3 heterocycles. The molecule has 6 heteroatoms. The number of amides is 1. The Kier molecular flexibility index (Phi) is 3.47. The summed E-state index contributed by atoms with van der Waals surface area (Å²) in [5, 5.41) is 2.08. The topological polar surface area (TPSA) is 72.1 Å². The first-order valence-electron chi connectivity index (χ1n) is 6.32. The molecule has 20 heavy (non-hydrogen) atoms. The molecule has 0 aliphatic carbocycles. The van der Waals surface area contributed by atoms with Crippen LogP contribution in [0.4, 0.5) is 5.95 Å². The summed E-state index contributed by atoms with van der Waals surface area (Å²) in [6, 6.07) is 2.09. The summed E-state index contributed by atoms with van der Waals surface area (Å²) in [4.78, 5) is 23.2. The van der Waals surface area contributed by atoms with Gasteiger partial charge in [-0.2, -0.15) is 0 Å². The van der Waals surface area contributed by atoms with Gasteiger partial charge in [0, 0.05) is 42.0 Å². The van der Waals surface area contributed by atoms with Crippen molar-refractivity contribution in [3.63, 3.8) is 0 Å². The normalized spacial score (nSPS) is 14.5. The average Bonchev–Trinajstić information content (AvgIpc) is 2.93. The van der Waals surface area contributed by atoms with Crippen LogP contribution in [0.1, 0.15) is 16.0 Å². The monoisotopic (exact) mass is 286 g/mol. The van der Waals surface area contributed by atoms with Gasteiger partial charge in [0.05, 0.1) is 0 Å². The molecule has 0 fully saturated rings. The summed E-state index contributed by atoms with van der Waals surface area (Å²) in [6.07, 6.45) is 7.41. The Morgan fingerprint density at radius 3 is 3.00 bits per heavy atom. The number of nitrogens with two attached hydrogens (primary N) is 1. The molecule has 1 aliphatic heterocycles. The molecular weight excluding hydrogens is 272 g/mol. The lowest BCUT2D eigenvalue weighted by atomic mass is 10.1. The van der Waals surface area contributed by atoms with E-state index in [9.17, 15) is 4.79 Å². The molecule has 0 radical (unpaired) electrons. The molecule has 0 atom stereocenters. The van der Waals surface area contributed by atoms with Crippen LogP contribution in [0.15, 0.2) is 29.9 Å². The largest absolute Gasteiger partial charge is 0.368 e. The number of thiophene rings is 1. The molecule has 1 aliphatic rings. The van der Waals surface area contributed by atoms with Crippen LogP contribution in [-0.4, -0.2) is 27.3 Å². The van der Waals surface area contributed by atoms with Crippen molar-refractivity contribution < 1.29 is 4.79 Å². The smallest absolute Gasteiger partial charge is 0.246 e.